The maximum Gasteiger partial charge on any atom is 0.123 e. The molecule has 0 saturated carbocycles. The fraction of sp³-hybridized carbons (Fsp3) is 0.312. The molecule has 1 N–H and O–H groups in total. The minimum Gasteiger partial charge on any atom is -0.388 e. The Labute approximate surface area is 121 Å². The summed E-state index contributed by atoms with van der Waals surface area (Å²) in [6.07, 6.45) is 4.66. The lowest BCUT2D eigenvalue weighted by atomic mass is 10.0. The topological polar surface area (TPSA) is 38.0 Å². The molecule has 4 heteroatoms. The van der Waals surface area contributed by atoms with Crippen LogP contribution in [0.5, 0.6) is 0 Å². The SMILES string of the molecule is Cn1ccc2cc(-c3nc4c(s3)C(O)CCC4)ccc21. The van der Waals surface area contributed by atoms with Gasteiger partial charge < -0.3 is 9.67 Å². The van der Waals surface area contributed by atoms with Crippen molar-refractivity contribution in [3.05, 3.63) is 41.0 Å². The van der Waals surface area contributed by atoms with E-state index in [1.165, 1.54) is 10.9 Å². The van der Waals surface area contributed by atoms with Crippen LogP contribution in [0.15, 0.2) is 30.5 Å². The smallest absolute Gasteiger partial charge is 0.123 e. The van der Waals surface area contributed by atoms with Gasteiger partial charge in [-0.25, -0.2) is 4.98 Å². The first kappa shape index (κ1) is 12.1. The molecule has 1 aliphatic carbocycles. The lowest BCUT2D eigenvalue weighted by Gasteiger charge is -2.14. The molecule has 2 heterocycles. The third-order valence-corrected chi connectivity index (χ3v) is 5.30. The van der Waals surface area contributed by atoms with E-state index in [4.69, 9.17) is 4.98 Å². The van der Waals surface area contributed by atoms with Crippen LogP contribution in [-0.4, -0.2) is 14.7 Å². The van der Waals surface area contributed by atoms with Crippen LogP contribution in [0.1, 0.15) is 29.5 Å². The van der Waals surface area contributed by atoms with Crippen molar-refractivity contribution in [2.24, 2.45) is 7.05 Å². The number of nitrogens with zero attached hydrogens (tertiary/aromatic N) is 2. The van der Waals surface area contributed by atoms with Crippen LogP contribution in [0.4, 0.5) is 0 Å². The number of fused-ring (bicyclic) bond motifs is 2. The van der Waals surface area contributed by atoms with Gasteiger partial charge in [-0.3, -0.25) is 0 Å². The maximum absolute atomic E-state index is 10.1. The average molecular weight is 284 g/mol. The summed E-state index contributed by atoms with van der Waals surface area (Å²) >= 11 is 1.64. The molecule has 0 spiro atoms. The molecule has 1 unspecified atom stereocenters. The molecule has 1 aliphatic rings. The van der Waals surface area contributed by atoms with E-state index in [2.05, 4.69) is 42.1 Å². The van der Waals surface area contributed by atoms with Gasteiger partial charge in [-0.2, -0.15) is 0 Å². The van der Waals surface area contributed by atoms with Gasteiger partial charge in [0, 0.05) is 29.7 Å². The molecule has 3 aromatic rings. The molecule has 20 heavy (non-hydrogen) atoms. The van der Waals surface area contributed by atoms with Crippen molar-refractivity contribution < 1.29 is 5.11 Å². The quantitative estimate of drug-likeness (QED) is 0.740. The summed E-state index contributed by atoms with van der Waals surface area (Å²) in [5, 5.41) is 12.3. The molecule has 0 radical (unpaired) electrons. The van der Waals surface area contributed by atoms with E-state index in [0.29, 0.717) is 0 Å². The van der Waals surface area contributed by atoms with Crippen LogP contribution in [0, 0.1) is 0 Å². The first-order valence-corrected chi connectivity index (χ1v) is 7.77. The van der Waals surface area contributed by atoms with Crippen LogP contribution < -0.4 is 0 Å². The second-order valence-electron chi connectivity index (χ2n) is 5.44. The van der Waals surface area contributed by atoms with Gasteiger partial charge in [0.05, 0.1) is 16.7 Å². The van der Waals surface area contributed by atoms with Crippen molar-refractivity contribution in [1.82, 2.24) is 9.55 Å². The van der Waals surface area contributed by atoms with Crippen LogP contribution in [0.25, 0.3) is 21.5 Å². The van der Waals surface area contributed by atoms with Crippen molar-refractivity contribution in [3.8, 4) is 10.6 Å². The van der Waals surface area contributed by atoms with Crippen molar-refractivity contribution >= 4 is 22.2 Å². The summed E-state index contributed by atoms with van der Waals surface area (Å²) in [4.78, 5) is 5.81. The summed E-state index contributed by atoms with van der Waals surface area (Å²) < 4.78 is 2.12. The lowest BCUT2D eigenvalue weighted by molar-refractivity contribution is 0.160. The first-order valence-electron chi connectivity index (χ1n) is 6.95. The highest BCUT2D eigenvalue weighted by Gasteiger charge is 2.23. The molecule has 0 amide bonds. The van der Waals surface area contributed by atoms with Crippen molar-refractivity contribution in [1.29, 1.82) is 0 Å². The standard InChI is InChI=1S/C16H16N2OS/c1-18-8-7-10-9-11(5-6-13(10)18)16-17-12-3-2-4-14(19)15(12)20-16/h5-9,14,19H,2-4H2,1H3. The minimum atomic E-state index is -0.314. The number of benzene rings is 1. The summed E-state index contributed by atoms with van der Waals surface area (Å²) in [5.74, 6) is 0. The van der Waals surface area contributed by atoms with Gasteiger partial charge in [-0.05, 0) is 43.5 Å². The monoisotopic (exact) mass is 284 g/mol. The molecular weight excluding hydrogens is 268 g/mol. The molecular formula is C16H16N2OS. The lowest BCUT2D eigenvalue weighted by Crippen LogP contribution is -2.06. The Balaban J connectivity index is 1.82. The van der Waals surface area contributed by atoms with Gasteiger partial charge in [-0.15, -0.1) is 11.3 Å². The molecule has 0 fully saturated rings. The Morgan fingerprint density at radius 1 is 1.35 bits per heavy atom. The normalized spacial score (nSPS) is 18.4. The largest absolute Gasteiger partial charge is 0.388 e. The zero-order valence-electron chi connectivity index (χ0n) is 11.3. The van der Waals surface area contributed by atoms with Gasteiger partial charge >= 0.3 is 0 Å². The Hall–Kier alpha value is -1.65. The molecule has 1 aromatic carbocycles. The van der Waals surface area contributed by atoms with E-state index in [0.717, 1.165) is 40.4 Å². The second-order valence-corrected chi connectivity index (χ2v) is 6.47. The minimum absolute atomic E-state index is 0.314. The summed E-state index contributed by atoms with van der Waals surface area (Å²) in [7, 11) is 2.06. The van der Waals surface area contributed by atoms with Crippen LogP contribution >= 0.6 is 11.3 Å². The highest BCUT2D eigenvalue weighted by Crippen LogP contribution is 2.38. The second kappa shape index (κ2) is 4.43. The molecule has 0 bridgehead atoms. The Morgan fingerprint density at radius 3 is 3.10 bits per heavy atom. The van der Waals surface area contributed by atoms with E-state index in [1.54, 1.807) is 11.3 Å². The number of thiazole rings is 1. The number of aliphatic hydroxyl groups excluding tert-OH is 1. The van der Waals surface area contributed by atoms with Crippen molar-refractivity contribution in [2.45, 2.75) is 25.4 Å². The van der Waals surface area contributed by atoms with E-state index in [9.17, 15) is 5.11 Å². The first-order chi connectivity index (χ1) is 9.72. The van der Waals surface area contributed by atoms with Crippen LogP contribution in [-0.2, 0) is 13.5 Å². The average Bonchev–Trinajstić information content (AvgIpc) is 3.04. The van der Waals surface area contributed by atoms with Gasteiger partial charge in [0.25, 0.3) is 0 Å². The molecule has 1 atom stereocenters. The van der Waals surface area contributed by atoms with Gasteiger partial charge in [0.15, 0.2) is 0 Å². The third kappa shape index (κ3) is 1.79. The predicted molar refractivity (Wildman–Crippen MR) is 81.9 cm³/mol. The molecule has 3 nitrogen and oxygen atoms in total. The molecule has 0 aliphatic heterocycles. The van der Waals surface area contributed by atoms with Crippen molar-refractivity contribution in [3.63, 3.8) is 0 Å². The predicted octanol–water partition coefficient (Wildman–Crippen LogP) is 3.67. The van der Waals surface area contributed by atoms with E-state index >= 15 is 0 Å². The molecule has 0 saturated heterocycles. The zero-order chi connectivity index (χ0) is 13.7. The Morgan fingerprint density at radius 2 is 2.25 bits per heavy atom. The highest BCUT2D eigenvalue weighted by molar-refractivity contribution is 7.15. The number of aromatic nitrogens is 2. The molecule has 102 valence electrons. The van der Waals surface area contributed by atoms with Gasteiger partial charge in [0.1, 0.15) is 5.01 Å². The molecule has 2 aromatic heterocycles. The number of rotatable bonds is 1. The summed E-state index contributed by atoms with van der Waals surface area (Å²) in [6.45, 7) is 0. The third-order valence-electron chi connectivity index (χ3n) is 4.05. The van der Waals surface area contributed by atoms with E-state index in [1.807, 2.05) is 0 Å². The zero-order valence-corrected chi connectivity index (χ0v) is 12.2. The highest BCUT2D eigenvalue weighted by atomic mass is 32.1. The number of aryl methyl sites for hydroxylation is 2. The number of hydrogen-bond acceptors (Lipinski definition) is 3. The fourth-order valence-corrected chi connectivity index (χ4v) is 4.06. The number of aliphatic hydroxyl groups is 1. The molecule has 4 rings (SSSR count). The fourth-order valence-electron chi connectivity index (χ4n) is 2.94. The number of hydrogen-bond donors (Lipinski definition) is 1. The van der Waals surface area contributed by atoms with Crippen LogP contribution in [0.3, 0.4) is 0 Å². The van der Waals surface area contributed by atoms with E-state index < -0.39 is 0 Å². The van der Waals surface area contributed by atoms with Crippen LogP contribution in [0.2, 0.25) is 0 Å². The van der Waals surface area contributed by atoms with Crippen molar-refractivity contribution in [2.75, 3.05) is 0 Å². The Bertz CT molecular complexity index is 787. The van der Waals surface area contributed by atoms with Gasteiger partial charge in [-0.1, -0.05) is 0 Å². The maximum atomic E-state index is 10.1. The Kier molecular flexibility index (Phi) is 2.69. The summed E-state index contributed by atoms with van der Waals surface area (Å²) in [5.41, 5.74) is 3.47. The summed E-state index contributed by atoms with van der Waals surface area (Å²) in [6, 6.07) is 8.58. The van der Waals surface area contributed by atoms with E-state index in [-0.39, 0.29) is 6.10 Å². The van der Waals surface area contributed by atoms with Gasteiger partial charge in [0.2, 0.25) is 0 Å².